The lowest BCUT2D eigenvalue weighted by Crippen LogP contribution is -2.62. The molecule has 0 aromatic carbocycles. The molecule has 0 aliphatic carbocycles. The van der Waals surface area contributed by atoms with Crippen LogP contribution in [0.4, 0.5) is 0 Å². The molecule has 3 nitrogen and oxygen atoms in total. The van der Waals surface area contributed by atoms with Gasteiger partial charge >= 0.3 is 0 Å². The zero-order chi connectivity index (χ0) is 14.8. The van der Waals surface area contributed by atoms with E-state index in [1.54, 1.807) is 11.3 Å². The van der Waals surface area contributed by atoms with E-state index >= 15 is 0 Å². The summed E-state index contributed by atoms with van der Waals surface area (Å²) in [6.45, 7) is 14.6. The number of aryl methyl sites for hydroxylation is 1. The van der Waals surface area contributed by atoms with Crippen LogP contribution in [-0.4, -0.2) is 34.6 Å². The molecule has 0 bridgehead atoms. The first-order chi connectivity index (χ1) is 9.43. The van der Waals surface area contributed by atoms with Crippen molar-refractivity contribution in [2.24, 2.45) is 5.92 Å². The number of nitrogens with zero attached hydrogens (tertiary/aromatic N) is 2. The SMILES string of the molecule is CCC1(C)CNC(CC(C)C)CN1Cc1csc(C)n1. The van der Waals surface area contributed by atoms with Crippen LogP contribution in [-0.2, 0) is 6.54 Å². The molecule has 2 atom stereocenters. The Morgan fingerprint density at radius 2 is 2.30 bits per heavy atom. The molecule has 1 aliphatic heterocycles. The number of nitrogens with one attached hydrogen (secondary N) is 1. The van der Waals surface area contributed by atoms with Crippen LogP contribution in [0.1, 0.15) is 51.2 Å². The molecule has 1 saturated heterocycles. The van der Waals surface area contributed by atoms with E-state index in [4.69, 9.17) is 0 Å². The van der Waals surface area contributed by atoms with Gasteiger partial charge in [-0.1, -0.05) is 20.8 Å². The molecule has 0 spiro atoms. The molecular formula is C16H29N3S. The van der Waals surface area contributed by atoms with Crippen LogP contribution in [0.2, 0.25) is 0 Å². The first-order valence-corrected chi connectivity index (χ1v) is 8.70. The van der Waals surface area contributed by atoms with E-state index in [0.29, 0.717) is 6.04 Å². The van der Waals surface area contributed by atoms with Crippen molar-refractivity contribution in [1.29, 1.82) is 0 Å². The molecule has 1 aliphatic rings. The molecule has 4 heteroatoms. The molecule has 0 amide bonds. The van der Waals surface area contributed by atoms with Crippen LogP contribution in [0.5, 0.6) is 0 Å². The Balaban J connectivity index is 2.07. The number of aromatic nitrogens is 1. The standard InChI is InChI=1S/C16H29N3S/c1-6-16(5)11-17-14(7-12(2)3)8-19(16)9-15-10-20-13(4)18-15/h10,12,14,17H,6-9,11H2,1-5H3. The first-order valence-electron chi connectivity index (χ1n) is 7.82. The van der Waals surface area contributed by atoms with Crippen LogP contribution in [0.25, 0.3) is 0 Å². The van der Waals surface area contributed by atoms with Gasteiger partial charge in [-0.2, -0.15) is 0 Å². The first kappa shape index (κ1) is 15.9. The van der Waals surface area contributed by atoms with Gasteiger partial charge < -0.3 is 5.32 Å². The number of hydrogen-bond donors (Lipinski definition) is 1. The zero-order valence-corrected chi connectivity index (χ0v) is 14.4. The van der Waals surface area contributed by atoms with Gasteiger partial charge in [0.2, 0.25) is 0 Å². The Morgan fingerprint density at radius 3 is 2.85 bits per heavy atom. The summed E-state index contributed by atoms with van der Waals surface area (Å²) < 4.78 is 0. The highest BCUT2D eigenvalue weighted by molar-refractivity contribution is 7.09. The van der Waals surface area contributed by atoms with Gasteiger partial charge in [-0.15, -0.1) is 11.3 Å². The van der Waals surface area contributed by atoms with E-state index < -0.39 is 0 Å². The molecule has 1 N–H and O–H groups in total. The van der Waals surface area contributed by atoms with Crippen molar-refractivity contribution in [3.8, 4) is 0 Å². The van der Waals surface area contributed by atoms with E-state index in [2.05, 4.69) is 55.2 Å². The van der Waals surface area contributed by atoms with Crippen molar-refractivity contribution in [1.82, 2.24) is 15.2 Å². The van der Waals surface area contributed by atoms with Crippen molar-refractivity contribution in [3.05, 3.63) is 16.1 Å². The Hall–Kier alpha value is -0.450. The summed E-state index contributed by atoms with van der Waals surface area (Å²) in [7, 11) is 0. The largest absolute Gasteiger partial charge is 0.311 e. The Kier molecular flexibility index (Phi) is 5.21. The van der Waals surface area contributed by atoms with Crippen LogP contribution in [0, 0.1) is 12.8 Å². The molecular weight excluding hydrogens is 266 g/mol. The molecule has 20 heavy (non-hydrogen) atoms. The van der Waals surface area contributed by atoms with Gasteiger partial charge in [0.05, 0.1) is 10.7 Å². The fraction of sp³-hybridized carbons (Fsp3) is 0.812. The van der Waals surface area contributed by atoms with Gasteiger partial charge in [0.15, 0.2) is 0 Å². The third-order valence-corrected chi connectivity index (χ3v) is 5.34. The molecule has 2 rings (SSSR count). The molecule has 0 saturated carbocycles. The van der Waals surface area contributed by atoms with Crippen LogP contribution < -0.4 is 5.32 Å². The number of rotatable bonds is 5. The summed E-state index contributed by atoms with van der Waals surface area (Å²) in [5, 5.41) is 7.14. The lowest BCUT2D eigenvalue weighted by molar-refractivity contribution is 0.0363. The smallest absolute Gasteiger partial charge is 0.0897 e. The fourth-order valence-corrected chi connectivity index (χ4v) is 3.64. The van der Waals surface area contributed by atoms with Crippen LogP contribution >= 0.6 is 11.3 Å². The minimum atomic E-state index is 0.255. The summed E-state index contributed by atoms with van der Waals surface area (Å²) in [6.07, 6.45) is 2.43. The molecule has 1 aromatic rings. The monoisotopic (exact) mass is 295 g/mol. The molecule has 1 aromatic heterocycles. The minimum Gasteiger partial charge on any atom is -0.311 e. The molecule has 1 fully saturated rings. The summed E-state index contributed by atoms with van der Waals surface area (Å²) in [5.74, 6) is 0.752. The van der Waals surface area contributed by atoms with E-state index in [-0.39, 0.29) is 5.54 Å². The fourth-order valence-electron chi connectivity index (χ4n) is 3.03. The van der Waals surface area contributed by atoms with Gasteiger partial charge in [0.1, 0.15) is 0 Å². The lowest BCUT2D eigenvalue weighted by atomic mass is 9.90. The van der Waals surface area contributed by atoms with E-state index in [1.807, 2.05) is 0 Å². The zero-order valence-electron chi connectivity index (χ0n) is 13.6. The van der Waals surface area contributed by atoms with Gasteiger partial charge in [0.25, 0.3) is 0 Å². The Labute approximate surface area is 127 Å². The summed E-state index contributed by atoms with van der Waals surface area (Å²) >= 11 is 1.76. The minimum absolute atomic E-state index is 0.255. The third-order valence-electron chi connectivity index (χ3n) is 4.51. The number of thiazole rings is 1. The van der Waals surface area contributed by atoms with E-state index in [9.17, 15) is 0 Å². The predicted octanol–water partition coefficient (Wildman–Crippen LogP) is 3.44. The van der Waals surface area contributed by atoms with Crippen molar-refractivity contribution in [2.45, 2.75) is 65.6 Å². The van der Waals surface area contributed by atoms with Crippen LogP contribution in [0.3, 0.4) is 0 Å². The maximum absolute atomic E-state index is 4.65. The summed E-state index contributed by atoms with van der Waals surface area (Å²) in [6, 6.07) is 0.620. The van der Waals surface area contributed by atoms with Crippen molar-refractivity contribution in [2.75, 3.05) is 13.1 Å². The normalized spacial score (nSPS) is 28.2. The molecule has 2 unspecified atom stereocenters. The van der Waals surface area contributed by atoms with E-state index in [1.165, 1.54) is 23.5 Å². The Morgan fingerprint density at radius 1 is 1.55 bits per heavy atom. The highest BCUT2D eigenvalue weighted by atomic mass is 32.1. The number of hydrogen-bond acceptors (Lipinski definition) is 4. The van der Waals surface area contributed by atoms with Crippen molar-refractivity contribution in [3.63, 3.8) is 0 Å². The lowest BCUT2D eigenvalue weighted by Gasteiger charge is -2.48. The predicted molar refractivity (Wildman–Crippen MR) is 87.2 cm³/mol. The molecule has 2 heterocycles. The topological polar surface area (TPSA) is 28.2 Å². The van der Waals surface area contributed by atoms with Gasteiger partial charge in [-0.3, -0.25) is 4.90 Å². The highest BCUT2D eigenvalue weighted by Crippen LogP contribution is 2.27. The second-order valence-electron chi connectivity index (χ2n) is 6.80. The second-order valence-corrected chi connectivity index (χ2v) is 7.86. The average Bonchev–Trinajstić information content (AvgIpc) is 2.79. The maximum atomic E-state index is 4.65. The van der Waals surface area contributed by atoms with Crippen molar-refractivity contribution < 1.29 is 0 Å². The summed E-state index contributed by atoms with van der Waals surface area (Å²) in [4.78, 5) is 7.29. The number of piperazine rings is 1. The second kappa shape index (κ2) is 6.54. The quantitative estimate of drug-likeness (QED) is 0.902. The molecule has 0 radical (unpaired) electrons. The van der Waals surface area contributed by atoms with Crippen LogP contribution in [0.15, 0.2) is 5.38 Å². The highest BCUT2D eigenvalue weighted by Gasteiger charge is 2.36. The third kappa shape index (κ3) is 3.80. The summed E-state index contributed by atoms with van der Waals surface area (Å²) in [5.41, 5.74) is 1.49. The Bertz CT molecular complexity index is 429. The maximum Gasteiger partial charge on any atom is 0.0897 e. The van der Waals surface area contributed by atoms with Gasteiger partial charge in [-0.05, 0) is 32.6 Å². The van der Waals surface area contributed by atoms with Gasteiger partial charge in [0, 0.05) is 36.6 Å². The van der Waals surface area contributed by atoms with Gasteiger partial charge in [-0.25, -0.2) is 4.98 Å². The van der Waals surface area contributed by atoms with Crippen molar-refractivity contribution >= 4 is 11.3 Å². The van der Waals surface area contributed by atoms with E-state index in [0.717, 1.165) is 25.6 Å². The molecule has 114 valence electrons. The average molecular weight is 295 g/mol.